The van der Waals surface area contributed by atoms with E-state index in [1.54, 1.807) is 18.7 Å². The van der Waals surface area contributed by atoms with E-state index in [1.807, 2.05) is 24.3 Å². The summed E-state index contributed by atoms with van der Waals surface area (Å²) in [7, 11) is 0. The first kappa shape index (κ1) is 13.9. The second-order valence-corrected chi connectivity index (χ2v) is 5.03. The van der Waals surface area contributed by atoms with Crippen molar-refractivity contribution in [1.29, 1.82) is 0 Å². The molecule has 2 aromatic rings. The second kappa shape index (κ2) is 7.16. The minimum absolute atomic E-state index is 0.556. The summed E-state index contributed by atoms with van der Waals surface area (Å²) in [5.74, 6) is 2.36. The maximum Gasteiger partial charge on any atom is 0.276 e. The van der Waals surface area contributed by atoms with Gasteiger partial charge in [0.25, 0.3) is 5.22 Å². The fourth-order valence-corrected chi connectivity index (χ4v) is 2.18. The van der Waals surface area contributed by atoms with Gasteiger partial charge in [0.1, 0.15) is 5.75 Å². The number of aryl methyl sites for hydroxylation is 1. The molecule has 6 heteroatoms. The molecule has 0 unspecified atom stereocenters. The Morgan fingerprint density at radius 1 is 1.26 bits per heavy atom. The molecule has 0 spiro atoms. The summed E-state index contributed by atoms with van der Waals surface area (Å²) in [6.07, 6.45) is 0.921. The highest BCUT2D eigenvalue weighted by atomic mass is 32.2. The van der Waals surface area contributed by atoms with Crippen LogP contribution < -0.4 is 10.5 Å². The molecule has 102 valence electrons. The molecule has 0 saturated carbocycles. The van der Waals surface area contributed by atoms with E-state index in [-0.39, 0.29) is 0 Å². The molecule has 0 bridgehead atoms. The number of hydrogen-bond acceptors (Lipinski definition) is 6. The standard InChI is InChI=1S/C13H17N3O2S/c1-10-15-16-13(18-10)19-8-2-7-17-12-5-3-11(9-14)4-6-12/h3-6H,2,7-9,14H2,1H3. The average molecular weight is 279 g/mol. The van der Waals surface area contributed by atoms with E-state index < -0.39 is 0 Å². The van der Waals surface area contributed by atoms with Gasteiger partial charge in [0.05, 0.1) is 6.61 Å². The van der Waals surface area contributed by atoms with E-state index in [2.05, 4.69) is 10.2 Å². The molecule has 1 aromatic heterocycles. The van der Waals surface area contributed by atoms with E-state index in [4.69, 9.17) is 14.9 Å². The number of rotatable bonds is 7. The van der Waals surface area contributed by atoms with Crippen molar-refractivity contribution in [3.63, 3.8) is 0 Å². The Kier molecular flexibility index (Phi) is 5.23. The molecule has 0 aliphatic carbocycles. The van der Waals surface area contributed by atoms with Crippen molar-refractivity contribution < 1.29 is 9.15 Å². The molecule has 0 radical (unpaired) electrons. The Morgan fingerprint density at radius 2 is 2.05 bits per heavy atom. The highest BCUT2D eigenvalue weighted by molar-refractivity contribution is 7.99. The smallest absolute Gasteiger partial charge is 0.276 e. The van der Waals surface area contributed by atoms with Crippen LogP contribution in [0, 0.1) is 6.92 Å². The van der Waals surface area contributed by atoms with Crippen molar-refractivity contribution in [3.05, 3.63) is 35.7 Å². The quantitative estimate of drug-likeness (QED) is 0.619. The van der Waals surface area contributed by atoms with Crippen LogP contribution in [0.3, 0.4) is 0 Å². The molecule has 2 rings (SSSR count). The fraction of sp³-hybridized carbons (Fsp3) is 0.385. The molecule has 0 atom stereocenters. The van der Waals surface area contributed by atoms with Crippen LogP contribution in [0.4, 0.5) is 0 Å². The van der Waals surface area contributed by atoms with Gasteiger partial charge < -0.3 is 14.9 Å². The lowest BCUT2D eigenvalue weighted by Crippen LogP contribution is -2.00. The van der Waals surface area contributed by atoms with Gasteiger partial charge in [0.15, 0.2) is 0 Å². The Bertz CT molecular complexity index is 499. The molecule has 1 heterocycles. The first-order valence-electron chi connectivity index (χ1n) is 6.12. The molecule has 0 amide bonds. The molecule has 1 aromatic carbocycles. The Balaban J connectivity index is 1.63. The number of hydrogen-bond donors (Lipinski definition) is 1. The summed E-state index contributed by atoms with van der Waals surface area (Å²) in [4.78, 5) is 0. The van der Waals surface area contributed by atoms with Gasteiger partial charge in [-0.1, -0.05) is 23.9 Å². The van der Waals surface area contributed by atoms with E-state index in [0.29, 0.717) is 24.3 Å². The van der Waals surface area contributed by atoms with Crippen LogP contribution in [0.5, 0.6) is 5.75 Å². The predicted molar refractivity (Wildman–Crippen MR) is 74.2 cm³/mol. The molecular weight excluding hydrogens is 262 g/mol. The third kappa shape index (κ3) is 4.57. The highest BCUT2D eigenvalue weighted by Gasteiger charge is 2.02. The number of benzene rings is 1. The third-order valence-electron chi connectivity index (χ3n) is 2.45. The van der Waals surface area contributed by atoms with Gasteiger partial charge in [0, 0.05) is 19.2 Å². The lowest BCUT2D eigenvalue weighted by molar-refractivity contribution is 0.318. The average Bonchev–Trinajstić information content (AvgIpc) is 2.85. The van der Waals surface area contributed by atoms with Crippen molar-refractivity contribution in [1.82, 2.24) is 10.2 Å². The van der Waals surface area contributed by atoms with Gasteiger partial charge in [-0.25, -0.2) is 0 Å². The number of nitrogens with zero attached hydrogens (tertiary/aromatic N) is 2. The topological polar surface area (TPSA) is 74.2 Å². The van der Waals surface area contributed by atoms with Crippen LogP contribution in [0.1, 0.15) is 17.9 Å². The van der Waals surface area contributed by atoms with Crippen LogP contribution in [0.2, 0.25) is 0 Å². The lowest BCUT2D eigenvalue weighted by atomic mass is 10.2. The fourth-order valence-electron chi connectivity index (χ4n) is 1.47. The molecule has 5 nitrogen and oxygen atoms in total. The van der Waals surface area contributed by atoms with E-state index >= 15 is 0 Å². The maximum atomic E-state index is 5.63. The van der Waals surface area contributed by atoms with Gasteiger partial charge in [-0.3, -0.25) is 0 Å². The van der Waals surface area contributed by atoms with Crippen LogP contribution in [-0.4, -0.2) is 22.6 Å². The summed E-state index contributed by atoms with van der Waals surface area (Å²) in [6, 6.07) is 7.84. The molecule has 0 saturated heterocycles. The van der Waals surface area contributed by atoms with Gasteiger partial charge in [0.2, 0.25) is 5.89 Å². The molecule has 2 N–H and O–H groups in total. The zero-order valence-electron chi connectivity index (χ0n) is 10.8. The van der Waals surface area contributed by atoms with Gasteiger partial charge in [-0.2, -0.15) is 0 Å². The van der Waals surface area contributed by atoms with E-state index in [9.17, 15) is 0 Å². The third-order valence-corrected chi connectivity index (χ3v) is 3.35. The van der Waals surface area contributed by atoms with Gasteiger partial charge in [-0.15, -0.1) is 10.2 Å². The van der Waals surface area contributed by atoms with Crippen molar-refractivity contribution >= 4 is 11.8 Å². The SMILES string of the molecule is Cc1nnc(SCCCOc2ccc(CN)cc2)o1. The molecular formula is C13H17N3O2S. The van der Waals surface area contributed by atoms with Crippen molar-refractivity contribution in [2.24, 2.45) is 5.73 Å². The van der Waals surface area contributed by atoms with Crippen LogP contribution in [-0.2, 0) is 6.54 Å². The monoisotopic (exact) mass is 279 g/mol. The summed E-state index contributed by atoms with van der Waals surface area (Å²) < 4.78 is 10.9. The molecule has 0 aliphatic heterocycles. The van der Waals surface area contributed by atoms with E-state index in [0.717, 1.165) is 23.5 Å². The number of thioether (sulfide) groups is 1. The Hall–Kier alpha value is -1.53. The van der Waals surface area contributed by atoms with Crippen molar-refractivity contribution in [2.75, 3.05) is 12.4 Å². The minimum atomic E-state index is 0.556. The van der Waals surface area contributed by atoms with Crippen molar-refractivity contribution in [3.8, 4) is 5.75 Å². The first-order valence-corrected chi connectivity index (χ1v) is 7.11. The summed E-state index contributed by atoms with van der Waals surface area (Å²) in [6.45, 7) is 3.01. The zero-order valence-corrected chi connectivity index (χ0v) is 11.7. The molecule has 0 fully saturated rings. The predicted octanol–water partition coefficient (Wildman–Crippen LogP) is 2.40. The van der Waals surface area contributed by atoms with Gasteiger partial charge >= 0.3 is 0 Å². The lowest BCUT2D eigenvalue weighted by Gasteiger charge is -2.05. The number of nitrogens with two attached hydrogens (primary N) is 1. The summed E-state index contributed by atoms with van der Waals surface area (Å²) >= 11 is 1.55. The number of ether oxygens (including phenoxy) is 1. The largest absolute Gasteiger partial charge is 0.494 e. The van der Waals surface area contributed by atoms with Crippen LogP contribution >= 0.6 is 11.8 Å². The van der Waals surface area contributed by atoms with E-state index in [1.165, 1.54) is 0 Å². The first-order chi connectivity index (χ1) is 9.28. The highest BCUT2D eigenvalue weighted by Crippen LogP contribution is 2.17. The minimum Gasteiger partial charge on any atom is -0.494 e. The molecule has 0 aliphatic rings. The van der Waals surface area contributed by atoms with Crippen molar-refractivity contribution in [2.45, 2.75) is 25.1 Å². The summed E-state index contributed by atoms with van der Waals surface area (Å²) in [5, 5.41) is 8.30. The second-order valence-electron chi connectivity index (χ2n) is 3.99. The Labute approximate surface area is 116 Å². The van der Waals surface area contributed by atoms with Crippen LogP contribution in [0.25, 0.3) is 0 Å². The maximum absolute atomic E-state index is 5.63. The Morgan fingerprint density at radius 3 is 2.68 bits per heavy atom. The molecule has 19 heavy (non-hydrogen) atoms. The normalized spacial score (nSPS) is 10.6. The zero-order chi connectivity index (χ0) is 13.5. The summed E-state index contributed by atoms with van der Waals surface area (Å²) in [5.41, 5.74) is 6.64. The van der Waals surface area contributed by atoms with Crippen LogP contribution in [0.15, 0.2) is 33.9 Å². The number of aromatic nitrogens is 2. The van der Waals surface area contributed by atoms with Gasteiger partial charge in [-0.05, 0) is 24.1 Å².